The third-order valence-electron chi connectivity index (χ3n) is 11.8. The van der Waals surface area contributed by atoms with E-state index in [4.69, 9.17) is 9.97 Å². The fourth-order valence-corrected chi connectivity index (χ4v) is 9.51. The normalized spacial score (nSPS) is 12.4. The van der Waals surface area contributed by atoms with Crippen molar-refractivity contribution in [1.82, 2.24) is 18.9 Å². The quantitative estimate of drug-likeness (QED) is 0.170. The van der Waals surface area contributed by atoms with Gasteiger partial charge in [0.25, 0.3) is 0 Å². The summed E-state index contributed by atoms with van der Waals surface area (Å²) in [6, 6.07) is 61.6. The SMILES string of the molecule is c1ccc2c(c1)ccc1ccc(-c3nc(-n4c5ccccc5c5c6c7ccccc7n7c8ccc9ccccc9c8c(cc54)c67)c4ccccc4n3)cc12. The highest BCUT2D eigenvalue weighted by Gasteiger charge is 2.26. The number of hydrogen-bond donors (Lipinski definition) is 0. The van der Waals surface area contributed by atoms with E-state index in [-0.39, 0.29) is 0 Å². The molecule has 9 aromatic carbocycles. The summed E-state index contributed by atoms with van der Waals surface area (Å²) in [6.45, 7) is 0. The van der Waals surface area contributed by atoms with Crippen LogP contribution in [0.25, 0.3) is 120 Å². The van der Waals surface area contributed by atoms with Gasteiger partial charge in [-0.2, -0.15) is 0 Å². The van der Waals surface area contributed by atoms with E-state index in [2.05, 4.69) is 179 Å². The summed E-state index contributed by atoms with van der Waals surface area (Å²) in [4.78, 5) is 10.8. The fourth-order valence-electron chi connectivity index (χ4n) is 9.51. The van der Waals surface area contributed by atoms with Crippen molar-refractivity contribution in [3.05, 3.63) is 170 Å². The van der Waals surface area contributed by atoms with Gasteiger partial charge in [-0.05, 0) is 74.8 Å². The summed E-state index contributed by atoms with van der Waals surface area (Å²) in [5.41, 5.74) is 7.91. The van der Waals surface area contributed by atoms with Crippen LogP contribution >= 0.6 is 0 Å². The van der Waals surface area contributed by atoms with Gasteiger partial charge in [-0.1, -0.05) is 127 Å². The number of aromatic nitrogens is 4. The van der Waals surface area contributed by atoms with Gasteiger partial charge in [0.1, 0.15) is 5.82 Å². The van der Waals surface area contributed by atoms with E-state index in [1.807, 2.05) is 0 Å². The molecule has 0 bridgehead atoms. The molecule has 0 fully saturated rings. The summed E-state index contributed by atoms with van der Waals surface area (Å²) in [6.07, 6.45) is 0. The average molecular weight is 685 g/mol. The number of rotatable bonds is 2. The molecule has 248 valence electrons. The molecule has 0 atom stereocenters. The second-order valence-electron chi connectivity index (χ2n) is 14.5. The molecule has 0 saturated carbocycles. The average Bonchev–Trinajstić information content (AvgIpc) is 3.87. The summed E-state index contributed by atoms with van der Waals surface area (Å²) in [5.74, 6) is 1.59. The maximum Gasteiger partial charge on any atom is 0.162 e. The number of hydrogen-bond acceptors (Lipinski definition) is 2. The molecule has 54 heavy (non-hydrogen) atoms. The number of para-hydroxylation sites is 3. The van der Waals surface area contributed by atoms with Gasteiger partial charge in [0, 0.05) is 43.3 Å². The van der Waals surface area contributed by atoms with Crippen LogP contribution in [0.4, 0.5) is 0 Å². The van der Waals surface area contributed by atoms with Crippen molar-refractivity contribution in [3.8, 4) is 17.2 Å². The van der Waals surface area contributed by atoms with Crippen LogP contribution in [0.1, 0.15) is 0 Å². The molecule has 0 aliphatic heterocycles. The highest BCUT2D eigenvalue weighted by Crippen LogP contribution is 2.48. The molecule has 4 heteroatoms. The first kappa shape index (κ1) is 28.3. The van der Waals surface area contributed by atoms with Crippen LogP contribution in [0.5, 0.6) is 0 Å². The smallest absolute Gasteiger partial charge is 0.162 e. The van der Waals surface area contributed by atoms with Crippen molar-refractivity contribution >= 4 is 103 Å². The van der Waals surface area contributed by atoms with Crippen LogP contribution in [0.15, 0.2) is 170 Å². The standard InChI is InChI=1S/C50H28N4/c1-3-13-33-29(11-1)21-22-31-23-24-32(27-38(31)33)49-51-40-18-8-5-15-35(40)50(52-49)54-42-20-10-6-16-36(42)46-44(54)28-39-45-34-14-4-2-12-30(34)25-26-43(45)53-41-19-9-7-17-37(41)47(46)48(39)53/h1-28H. The predicted octanol–water partition coefficient (Wildman–Crippen LogP) is 13.0. The highest BCUT2D eigenvalue weighted by atomic mass is 15.1. The lowest BCUT2D eigenvalue weighted by molar-refractivity contribution is 1.08. The Hall–Kier alpha value is -7.30. The maximum atomic E-state index is 5.54. The van der Waals surface area contributed by atoms with Crippen LogP contribution in [0.3, 0.4) is 0 Å². The van der Waals surface area contributed by atoms with Crippen LogP contribution < -0.4 is 0 Å². The van der Waals surface area contributed by atoms with Gasteiger partial charge >= 0.3 is 0 Å². The molecule has 0 amide bonds. The zero-order chi connectivity index (χ0) is 35.1. The monoisotopic (exact) mass is 684 g/mol. The van der Waals surface area contributed by atoms with E-state index in [1.54, 1.807) is 0 Å². The summed E-state index contributed by atoms with van der Waals surface area (Å²) in [5, 5.41) is 15.9. The van der Waals surface area contributed by atoms with Gasteiger partial charge < -0.3 is 4.40 Å². The topological polar surface area (TPSA) is 35.1 Å². The Labute approximate surface area is 308 Å². The first-order valence-electron chi connectivity index (χ1n) is 18.5. The van der Waals surface area contributed by atoms with Gasteiger partial charge in [0.15, 0.2) is 5.82 Å². The Balaban J connectivity index is 1.21. The van der Waals surface area contributed by atoms with E-state index in [0.29, 0.717) is 5.82 Å². The molecular weight excluding hydrogens is 657 g/mol. The van der Waals surface area contributed by atoms with Crippen LogP contribution in [-0.4, -0.2) is 18.9 Å². The summed E-state index contributed by atoms with van der Waals surface area (Å²) >= 11 is 0. The Morgan fingerprint density at radius 2 is 0.963 bits per heavy atom. The molecule has 13 rings (SSSR count). The first-order valence-corrected chi connectivity index (χ1v) is 18.5. The minimum atomic E-state index is 0.711. The molecule has 4 heterocycles. The molecule has 0 aliphatic rings. The molecule has 0 saturated heterocycles. The molecule has 0 N–H and O–H groups in total. The Bertz CT molecular complexity index is 3740. The Morgan fingerprint density at radius 1 is 0.352 bits per heavy atom. The Morgan fingerprint density at radius 3 is 1.80 bits per heavy atom. The van der Waals surface area contributed by atoms with E-state index >= 15 is 0 Å². The lowest BCUT2D eigenvalue weighted by Gasteiger charge is -2.13. The maximum absolute atomic E-state index is 5.54. The minimum absolute atomic E-state index is 0.711. The van der Waals surface area contributed by atoms with Crippen molar-refractivity contribution in [2.24, 2.45) is 0 Å². The lowest BCUT2D eigenvalue weighted by atomic mass is 9.99. The van der Waals surface area contributed by atoms with Crippen LogP contribution in [0, 0.1) is 0 Å². The summed E-state index contributed by atoms with van der Waals surface area (Å²) < 4.78 is 4.90. The zero-order valence-electron chi connectivity index (χ0n) is 29.0. The van der Waals surface area contributed by atoms with Crippen molar-refractivity contribution < 1.29 is 0 Å². The molecule has 0 unspecified atom stereocenters. The molecule has 13 aromatic rings. The van der Waals surface area contributed by atoms with Crippen molar-refractivity contribution in [3.63, 3.8) is 0 Å². The second-order valence-corrected chi connectivity index (χ2v) is 14.5. The third kappa shape index (κ3) is 3.57. The molecular formula is C50H28N4. The van der Waals surface area contributed by atoms with Gasteiger partial charge in [-0.25, -0.2) is 9.97 Å². The molecule has 0 radical (unpaired) electrons. The largest absolute Gasteiger partial charge is 0.308 e. The number of nitrogens with zero attached hydrogens (tertiary/aromatic N) is 4. The van der Waals surface area contributed by atoms with E-state index in [1.165, 1.54) is 81.2 Å². The Kier molecular flexibility index (Phi) is 5.34. The van der Waals surface area contributed by atoms with Gasteiger partial charge in [-0.3, -0.25) is 4.57 Å². The number of fused-ring (bicyclic) bond motifs is 16. The van der Waals surface area contributed by atoms with Gasteiger partial charge in [0.05, 0.1) is 33.1 Å². The molecule has 4 aromatic heterocycles. The summed E-state index contributed by atoms with van der Waals surface area (Å²) in [7, 11) is 0. The molecule has 0 aliphatic carbocycles. The van der Waals surface area contributed by atoms with E-state index in [0.717, 1.165) is 33.3 Å². The van der Waals surface area contributed by atoms with Crippen molar-refractivity contribution in [2.45, 2.75) is 0 Å². The zero-order valence-corrected chi connectivity index (χ0v) is 29.0. The number of benzene rings is 9. The molecule has 0 spiro atoms. The molecule has 4 nitrogen and oxygen atoms in total. The fraction of sp³-hybridized carbons (Fsp3) is 0. The lowest BCUT2D eigenvalue weighted by Crippen LogP contribution is -2.02. The van der Waals surface area contributed by atoms with E-state index < -0.39 is 0 Å². The predicted molar refractivity (Wildman–Crippen MR) is 226 cm³/mol. The van der Waals surface area contributed by atoms with Crippen LogP contribution in [-0.2, 0) is 0 Å². The minimum Gasteiger partial charge on any atom is -0.308 e. The van der Waals surface area contributed by atoms with Crippen molar-refractivity contribution in [1.29, 1.82) is 0 Å². The first-order chi connectivity index (χ1) is 26.8. The van der Waals surface area contributed by atoms with E-state index in [9.17, 15) is 0 Å². The van der Waals surface area contributed by atoms with Crippen LogP contribution in [0.2, 0.25) is 0 Å². The van der Waals surface area contributed by atoms with Gasteiger partial charge in [0.2, 0.25) is 0 Å². The highest BCUT2D eigenvalue weighted by molar-refractivity contribution is 6.37. The second kappa shape index (κ2) is 10.2. The van der Waals surface area contributed by atoms with Gasteiger partial charge in [-0.15, -0.1) is 0 Å². The third-order valence-corrected chi connectivity index (χ3v) is 11.8. The van der Waals surface area contributed by atoms with Crippen molar-refractivity contribution in [2.75, 3.05) is 0 Å².